The van der Waals surface area contributed by atoms with Gasteiger partial charge in [0.2, 0.25) is 11.1 Å². The number of H-pyrrole nitrogens is 1. The van der Waals surface area contributed by atoms with E-state index in [0.717, 1.165) is 37.1 Å². The van der Waals surface area contributed by atoms with Gasteiger partial charge in [-0.1, -0.05) is 39.5 Å². The molecule has 3 rings (SSSR count). The second-order valence-corrected chi connectivity index (χ2v) is 9.93. The lowest BCUT2D eigenvalue weighted by Gasteiger charge is -2.33. The summed E-state index contributed by atoms with van der Waals surface area (Å²) < 4.78 is 0. The van der Waals surface area contributed by atoms with E-state index in [1.165, 1.54) is 16.6 Å². The summed E-state index contributed by atoms with van der Waals surface area (Å²) in [5.41, 5.74) is 2.03. The van der Waals surface area contributed by atoms with Crippen LogP contribution in [0.4, 0.5) is 5.00 Å². The first-order valence-corrected chi connectivity index (χ1v) is 11.0. The fourth-order valence-corrected chi connectivity index (χ4v) is 5.24. The highest BCUT2D eigenvalue weighted by atomic mass is 32.2. The number of nitrogens with one attached hydrogen (secondary N) is 2. The van der Waals surface area contributed by atoms with E-state index in [2.05, 4.69) is 47.3 Å². The van der Waals surface area contributed by atoms with Gasteiger partial charge in [0.1, 0.15) is 16.9 Å². The molecule has 6 nitrogen and oxygen atoms in total. The fourth-order valence-electron chi connectivity index (χ4n) is 3.32. The summed E-state index contributed by atoms with van der Waals surface area (Å²) in [6.07, 6.45) is 3.77. The van der Waals surface area contributed by atoms with Crippen LogP contribution in [0.2, 0.25) is 0 Å². The van der Waals surface area contributed by atoms with Crippen molar-refractivity contribution in [3.8, 4) is 6.07 Å². The molecular formula is C19H25N5OS2. The molecule has 2 aromatic heterocycles. The zero-order valence-electron chi connectivity index (χ0n) is 16.2. The van der Waals surface area contributed by atoms with E-state index in [9.17, 15) is 10.1 Å². The van der Waals surface area contributed by atoms with Crippen molar-refractivity contribution in [3.63, 3.8) is 0 Å². The molecule has 1 aliphatic rings. The minimum atomic E-state index is -0.134. The fraction of sp³-hybridized carbons (Fsp3) is 0.579. The highest BCUT2D eigenvalue weighted by Gasteiger charge is 2.32. The largest absolute Gasteiger partial charge is 0.316 e. The molecule has 1 amide bonds. The van der Waals surface area contributed by atoms with Crippen LogP contribution in [0.5, 0.6) is 0 Å². The van der Waals surface area contributed by atoms with Crippen LogP contribution in [0.1, 0.15) is 55.9 Å². The molecule has 0 saturated heterocycles. The number of nitriles is 1. The maximum atomic E-state index is 12.4. The lowest BCUT2D eigenvalue weighted by Crippen LogP contribution is -2.26. The van der Waals surface area contributed by atoms with Crippen LogP contribution >= 0.6 is 23.1 Å². The van der Waals surface area contributed by atoms with Gasteiger partial charge in [0.15, 0.2) is 0 Å². The van der Waals surface area contributed by atoms with Crippen molar-refractivity contribution < 1.29 is 4.79 Å². The predicted octanol–water partition coefficient (Wildman–Crippen LogP) is 4.18. The number of thiophene rings is 1. The van der Waals surface area contributed by atoms with Gasteiger partial charge in [-0.2, -0.15) is 5.26 Å². The Morgan fingerprint density at radius 1 is 1.48 bits per heavy atom. The van der Waals surface area contributed by atoms with Crippen molar-refractivity contribution in [2.45, 2.75) is 58.5 Å². The van der Waals surface area contributed by atoms with Gasteiger partial charge in [0.25, 0.3) is 0 Å². The molecule has 1 aliphatic carbocycles. The molecule has 0 aromatic carbocycles. The van der Waals surface area contributed by atoms with Crippen molar-refractivity contribution in [1.29, 1.82) is 5.26 Å². The Labute approximate surface area is 168 Å². The summed E-state index contributed by atoms with van der Waals surface area (Å²) >= 11 is 2.86. The Morgan fingerprint density at radius 2 is 2.26 bits per heavy atom. The van der Waals surface area contributed by atoms with Crippen LogP contribution in [-0.2, 0) is 24.1 Å². The molecule has 27 heavy (non-hydrogen) atoms. The second kappa shape index (κ2) is 8.03. The zero-order chi connectivity index (χ0) is 19.6. The van der Waals surface area contributed by atoms with Crippen LogP contribution in [0.15, 0.2) is 5.16 Å². The molecule has 0 unspecified atom stereocenters. The van der Waals surface area contributed by atoms with E-state index < -0.39 is 0 Å². The third-order valence-corrected chi connectivity index (χ3v) is 7.05. The van der Waals surface area contributed by atoms with Gasteiger partial charge in [0, 0.05) is 11.3 Å². The van der Waals surface area contributed by atoms with E-state index in [1.54, 1.807) is 11.3 Å². The summed E-state index contributed by atoms with van der Waals surface area (Å²) in [4.78, 5) is 17.9. The predicted molar refractivity (Wildman–Crippen MR) is 109 cm³/mol. The van der Waals surface area contributed by atoms with Crippen molar-refractivity contribution in [2.75, 3.05) is 11.1 Å². The molecule has 0 bridgehead atoms. The third-order valence-electron chi connectivity index (χ3n) is 5.03. The molecule has 2 heterocycles. The number of hydrogen-bond acceptors (Lipinski definition) is 6. The van der Waals surface area contributed by atoms with E-state index in [-0.39, 0.29) is 17.1 Å². The monoisotopic (exact) mass is 403 g/mol. The Bertz CT molecular complexity index is 872. The topological polar surface area (TPSA) is 94.5 Å². The van der Waals surface area contributed by atoms with Crippen molar-refractivity contribution in [2.24, 2.45) is 11.3 Å². The number of fused-ring (bicyclic) bond motifs is 1. The first-order valence-electron chi connectivity index (χ1n) is 9.20. The number of carbonyl (C=O) groups excluding carboxylic acids is 1. The van der Waals surface area contributed by atoms with Gasteiger partial charge in [-0.25, -0.2) is 4.98 Å². The number of aryl methyl sites for hydroxylation is 1. The van der Waals surface area contributed by atoms with Crippen molar-refractivity contribution in [3.05, 3.63) is 21.8 Å². The van der Waals surface area contributed by atoms with E-state index in [0.29, 0.717) is 21.6 Å². The molecule has 8 heteroatoms. The summed E-state index contributed by atoms with van der Waals surface area (Å²) in [6.45, 7) is 8.81. The SMILES string of the molecule is CCc1nc(SCC(=O)Nc2sc3c(c2C#N)CC[C@H](C(C)(C)C)C3)n[nH]1. The molecule has 0 fully saturated rings. The Hall–Kier alpha value is -1.85. The average Bonchev–Trinajstić information content (AvgIpc) is 3.22. The number of amides is 1. The van der Waals surface area contributed by atoms with Gasteiger partial charge < -0.3 is 5.32 Å². The van der Waals surface area contributed by atoms with Crippen LogP contribution in [0.3, 0.4) is 0 Å². The quantitative estimate of drug-likeness (QED) is 0.730. The number of thioether (sulfide) groups is 1. The third kappa shape index (κ3) is 4.53. The van der Waals surface area contributed by atoms with Crippen molar-refractivity contribution >= 4 is 34.0 Å². The normalized spacial score (nSPS) is 16.6. The first-order chi connectivity index (χ1) is 12.8. The maximum Gasteiger partial charge on any atom is 0.235 e. The number of carbonyl (C=O) groups is 1. The molecular weight excluding hydrogens is 378 g/mol. The smallest absolute Gasteiger partial charge is 0.235 e. The summed E-state index contributed by atoms with van der Waals surface area (Å²) in [5.74, 6) is 1.50. The number of aromatic nitrogens is 3. The van der Waals surface area contributed by atoms with E-state index in [4.69, 9.17) is 0 Å². The van der Waals surface area contributed by atoms with Gasteiger partial charge in [-0.3, -0.25) is 9.89 Å². The Balaban J connectivity index is 1.67. The highest BCUT2D eigenvalue weighted by molar-refractivity contribution is 7.99. The summed E-state index contributed by atoms with van der Waals surface area (Å²) in [7, 11) is 0. The van der Waals surface area contributed by atoms with Gasteiger partial charge >= 0.3 is 0 Å². The highest BCUT2D eigenvalue weighted by Crippen LogP contribution is 2.44. The summed E-state index contributed by atoms with van der Waals surface area (Å²) in [6, 6.07) is 2.31. The molecule has 2 aromatic rings. The Kier molecular flexibility index (Phi) is 5.92. The number of aromatic amines is 1. The zero-order valence-corrected chi connectivity index (χ0v) is 17.8. The molecule has 0 spiro atoms. The van der Waals surface area contributed by atoms with Gasteiger partial charge in [-0.05, 0) is 36.2 Å². The molecule has 0 saturated carbocycles. The van der Waals surface area contributed by atoms with Crippen LogP contribution in [0, 0.1) is 22.7 Å². The minimum Gasteiger partial charge on any atom is -0.316 e. The molecule has 0 aliphatic heterocycles. The van der Waals surface area contributed by atoms with Crippen LogP contribution in [-0.4, -0.2) is 26.8 Å². The van der Waals surface area contributed by atoms with E-state index in [1.807, 2.05) is 6.92 Å². The van der Waals surface area contributed by atoms with Crippen molar-refractivity contribution in [1.82, 2.24) is 15.2 Å². The molecule has 2 N–H and O–H groups in total. The first kappa shape index (κ1) is 19.9. The molecule has 1 atom stereocenters. The van der Waals surface area contributed by atoms with Gasteiger partial charge in [0.05, 0.1) is 11.3 Å². The number of rotatable bonds is 5. The van der Waals surface area contributed by atoms with Gasteiger partial charge in [-0.15, -0.1) is 16.4 Å². The number of nitrogens with zero attached hydrogens (tertiary/aromatic N) is 3. The Morgan fingerprint density at radius 3 is 2.89 bits per heavy atom. The van der Waals surface area contributed by atoms with Crippen LogP contribution < -0.4 is 5.32 Å². The average molecular weight is 404 g/mol. The number of anilines is 1. The second-order valence-electron chi connectivity index (χ2n) is 7.88. The molecule has 144 valence electrons. The maximum absolute atomic E-state index is 12.4. The van der Waals surface area contributed by atoms with Crippen LogP contribution in [0.25, 0.3) is 0 Å². The lowest BCUT2D eigenvalue weighted by molar-refractivity contribution is -0.113. The standard InChI is InChI=1S/C19H25N5OS2/c1-5-15-21-18(24-23-15)26-10-16(25)22-17-13(9-20)12-7-6-11(19(2,3)4)8-14(12)27-17/h11H,5-8,10H2,1-4H3,(H,22,25)(H,21,23,24)/t11-/m0/s1. The van der Waals surface area contributed by atoms with E-state index >= 15 is 0 Å². The number of hydrogen-bond donors (Lipinski definition) is 2. The minimum absolute atomic E-state index is 0.134. The molecule has 0 radical (unpaired) electrons. The summed E-state index contributed by atoms with van der Waals surface area (Å²) in [5, 5.41) is 20.7. The lowest BCUT2D eigenvalue weighted by atomic mass is 9.72.